The zero-order valence-electron chi connectivity index (χ0n) is 15.5. The van der Waals surface area contributed by atoms with E-state index in [2.05, 4.69) is 19.8 Å². The van der Waals surface area contributed by atoms with Gasteiger partial charge in [-0.1, -0.05) is 56.2 Å². The molecular formula is C22H27NO2. The van der Waals surface area contributed by atoms with Gasteiger partial charge in [0.05, 0.1) is 12.3 Å². The Morgan fingerprint density at radius 3 is 2.56 bits per heavy atom. The Bertz CT molecular complexity index is 694. The highest BCUT2D eigenvalue weighted by molar-refractivity contribution is 5.34. The molecule has 1 aromatic rings. The number of hydrogen-bond acceptors (Lipinski definition) is 3. The molecule has 1 atom stereocenters. The van der Waals surface area contributed by atoms with Crippen LogP contribution >= 0.6 is 0 Å². The highest BCUT2D eigenvalue weighted by Gasteiger charge is 2.28. The molecule has 1 heterocycles. The van der Waals surface area contributed by atoms with E-state index < -0.39 is 5.60 Å². The summed E-state index contributed by atoms with van der Waals surface area (Å²) in [5.74, 6) is 4.00. The first-order valence-corrected chi connectivity index (χ1v) is 8.57. The molecule has 3 nitrogen and oxygen atoms in total. The lowest BCUT2D eigenvalue weighted by atomic mass is 9.96. The van der Waals surface area contributed by atoms with Gasteiger partial charge in [-0.05, 0) is 25.0 Å². The summed E-state index contributed by atoms with van der Waals surface area (Å²) in [4.78, 5) is 2.01. The fraction of sp³-hybridized carbons (Fsp3) is 0.364. The predicted octanol–water partition coefficient (Wildman–Crippen LogP) is 4.45. The predicted molar refractivity (Wildman–Crippen MR) is 102 cm³/mol. The van der Waals surface area contributed by atoms with Gasteiger partial charge in [-0.15, -0.1) is 6.42 Å². The fourth-order valence-corrected chi connectivity index (χ4v) is 2.49. The molecule has 1 aliphatic heterocycles. The number of rotatable bonds is 7. The fourth-order valence-electron chi connectivity index (χ4n) is 2.49. The maximum Gasteiger partial charge on any atom is 0.191 e. The van der Waals surface area contributed by atoms with E-state index in [0.29, 0.717) is 19.1 Å². The quantitative estimate of drug-likeness (QED) is 0.686. The summed E-state index contributed by atoms with van der Waals surface area (Å²) >= 11 is 0. The Morgan fingerprint density at radius 1 is 1.20 bits per heavy atom. The van der Waals surface area contributed by atoms with Gasteiger partial charge in [0.15, 0.2) is 5.60 Å². The summed E-state index contributed by atoms with van der Waals surface area (Å²) in [6.07, 6.45) is 13.7. The molecule has 0 saturated carbocycles. The molecular weight excluding hydrogens is 310 g/mol. The van der Waals surface area contributed by atoms with Gasteiger partial charge in [-0.25, -0.2) is 0 Å². The van der Waals surface area contributed by atoms with E-state index >= 15 is 0 Å². The zero-order chi connectivity index (χ0) is 18.3. The molecule has 0 bridgehead atoms. The Balaban J connectivity index is 2.31. The van der Waals surface area contributed by atoms with E-state index in [1.165, 1.54) is 0 Å². The van der Waals surface area contributed by atoms with E-state index in [0.717, 1.165) is 17.0 Å². The summed E-state index contributed by atoms with van der Waals surface area (Å²) < 4.78 is 12.2. The first kappa shape index (κ1) is 18.9. The maximum absolute atomic E-state index is 6.33. The molecule has 0 aromatic heterocycles. The lowest BCUT2D eigenvalue weighted by Gasteiger charge is -2.29. The Hall–Kier alpha value is -2.44. The van der Waals surface area contributed by atoms with Crippen LogP contribution in [-0.2, 0) is 15.1 Å². The molecule has 3 heteroatoms. The monoisotopic (exact) mass is 337 g/mol. The van der Waals surface area contributed by atoms with Crippen molar-refractivity contribution in [2.24, 2.45) is 5.92 Å². The van der Waals surface area contributed by atoms with E-state index in [9.17, 15) is 0 Å². The van der Waals surface area contributed by atoms with Gasteiger partial charge in [-0.2, -0.15) is 0 Å². The van der Waals surface area contributed by atoms with Crippen LogP contribution in [0.4, 0.5) is 0 Å². The standard InChI is InChI=1S/C22H27NO2/c1-6-22(4,19-12-8-7-9-13-19)25-21-14-10-11-15-23(5)20(21)17-24-16-18(2)3/h1,7-15,18H,16-17H2,2-5H3. The third-order valence-corrected chi connectivity index (χ3v) is 3.98. The minimum Gasteiger partial charge on any atom is -0.469 e. The number of likely N-dealkylation sites (N-methyl/N-ethyl adjacent to an activating group) is 1. The number of hydrogen-bond donors (Lipinski definition) is 0. The number of benzene rings is 1. The molecule has 0 fully saturated rings. The number of nitrogens with zero attached hydrogens (tertiary/aromatic N) is 1. The minimum absolute atomic E-state index is 0.466. The first-order valence-electron chi connectivity index (χ1n) is 8.57. The average molecular weight is 337 g/mol. The van der Waals surface area contributed by atoms with Gasteiger partial charge >= 0.3 is 0 Å². The normalized spacial score (nSPS) is 16.6. The minimum atomic E-state index is -0.852. The van der Waals surface area contributed by atoms with Crippen LogP contribution in [0.3, 0.4) is 0 Å². The number of allylic oxidation sites excluding steroid dienone is 3. The molecule has 0 N–H and O–H groups in total. The third kappa shape index (κ3) is 5.01. The van der Waals surface area contributed by atoms with Gasteiger partial charge < -0.3 is 14.4 Å². The highest BCUT2D eigenvalue weighted by Crippen LogP contribution is 2.30. The molecule has 0 saturated heterocycles. The van der Waals surface area contributed by atoms with Crippen LogP contribution in [0.1, 0.15) is 26.3 Å². The van der Waals surface area contributed by atoms with Crippen LogP contribution in [0.5, 0.6) is 0 Å². The molecule has 0 spiro atoms. The Morgan fingerprint density at radius 2 is 1.92 bits per heavy atom. The SMILES string of the molecule is C#CC(C)(OC1=C(COCC(C)C)N(C)C=CC=C1)c1ccccc1. The Labute approximate surface area is 151 Å². The molecule has 0 radical (unpaired) electrons. The van der Waals surface area contributed by atoms with Gasteiger partial charge in [0.25, 0.3) is 0 Å². The summed E-state index contributed by atoms with van der Waals surface area (Å²) in [6, 6.07) is 9.86. The molecule has 2 rings (SSSR count). The van der Waals surface area contributed by atoms with E-state index in [1.807, 2.05) is 73.6 Å². The Kier molecular flexibility index (Phi) is 6.50. The average Bonchev–Trinajstić information content (AvgIpc) is 2.77. The number of ether oxygens (including phenoxy) is 2. The van der Waals surface area contributed by atoms with E-state index in [4.69, 9.17) is 15.9 Å². The van der Waals surface area contributed by atoms with Crippen LogP contribution in [0.25, 0.3) is 0 Å². The van der Waals surface area contributed by atoms with Crippen LogP contribution in [-0.4, -0.2) is 25.2 Å². The molecule has 0 aliphatic carbocycles. The molecule has 1 aromatic carbocycles. The topological polar surface area (TPSA) is 21.7 Å². The van der Waals surface area contributed by atoms with Crippen molar-refractivity contribution in [3.8, 4) is 12.3 Å². The second-order valence-electron chi connectivity index (χ2n) is 6.68. The summed E-state index contributed by atoms with van der Waals surface area (Å²) in [7, 11) is 1.98. The maximum atomic E-state index is 6.33. The van der Waals surface area contributed by atoms with Crippen molar-refractivity contribution in [3.63, 3.8) is 0 Å². The van der Waals surface area contributed by atoms with Crippen LogP contribution in [0.2, 0.25) is 0 Å². The van der Waals surface area contributed by atoms with Crippen molar-refractivity contribution in [1.29, 1.82) is 0 Å². The second kappa shape index (κ2) is 8.60. The van der Waals surface area contributed by atoms with Crippen molar-refractivity contribution in [1.82, 2.24) is 4.90 Å². The van der Waals surface area contributed by atoms with Crippen molar-refractivity contribution in [2.45, 2.75) is 26.4 Å². The lowest BCUT2D eigenvalue weighted by molar-refractivity contribution is 0.0621. The van der Waals surface area contributed by atoms with Crippen LogP contribution < -0.4 is 0 Å². The summed E-state index contributed by atoms with van der Waals surface area (Å²) in [5.41, 5.74) is 1.04. The molecule has 0 amide bonds. The first-order chi connectivity index (χ1) is 12.0. The van der Waals surface area contributed by atoms with E-state index in [-0.39, 0.29) is 0 Å². The van der Waals surface area contributed by atoms with Crippen LogP contribution in [0.15, 0.2) is 66.2 Å². The van der Waals surface area contributed by atoms with Crippen molar-refractivity contribution in [2.75, 3.05) is 20.3 Å². The van der Waals surface area contributed by atoms with Crippen LogP contribution in [0, 0.1) is 18.3 Å². The van der Waals surface area contributed by atoms with Crippen molar-refractivity contribution >= 4 is 0 Å². The second-order valence-corrected chi connectivity index (χ2v) is 6.68. The highest BCUT2D eigenvalue weighted by atomic mass is 16.5. The van der Waals surface area contributed by atoms with Crippen molar-refractivity contribution in [3.05, 3.63) is 71.8 Å². The molecule has 25 heavy (non-hydrogen) atoms. The summed E-state index contributed by atoms with van der Waals surface area (Å²) in [5, 5.41) is 0. The number of terminal acetylenes is 1. The van der Waals surface area contributed by atoms with Gasteiger partial charge in [0.2, 0.25) is 0 Å². The van der Waals surface area contributed by atoms with Gasteiger partial charge in [0, 0.05) is 25.4 Å². The lowest BCUT2D eigenvalue weighted by Crippen LogP contribution is -2.26. The van der Waals surface area contributed by atoms with Crippen molar-refractivity contribution < 1.29 is 9.47 Å². The van der Waals surface area contributed by atoms with Gasteiger partial charge in [-0.3, -0.25) is 0 Å². The van der Waals surface area contributed by atoms with E-state index in [1.54, 1.807) is 0 Å². The molecule has 132 valence electrons. The smallest absolute Gasteiger partial charge is 0.191 e. The summed E-state index contributed by atoms with van der Waals surface area (Å²) in [6.45, 7) is 7.34. The van der Waals surface area contributed by atoms with Gasteiger partial charge in [0.1, 0.15) is 5.76 Å². The third-order valence-electron chi connectivity index (χ3n) is 3.98. The molecule has 1 unspecified atom stereocenters. The molecule has 1 aliphatic rings. The largest absolute Gasteiger partial charge is 0.469 e. The zero-order valence-corrected chi connectivity index (χ0v) is 15.5.